The molecule has 0 bridgehead atoms. The van der Waals surface area contributed by atoms with Gasteiger partial charge in [-0.2, -0.15) is 0 Å². The van der Waals surface area contributed by atoms with Crippen molar-refractivity contribution in [1.82, 2.24) is 19.8 Å². The molecule has 0 radical (unpaired) electrons. The molecule has 7 nitrogen and oxygen atoms in total. The Hall–Kier alpha value is -3.10. The van der Waals surface area contributed by atoms with Crippen molar-refractivity contribution in [3.63, 3.8) is 0 Å². The van der Waals surface area contributed by atoms with Crippen molar-refractivity contribution in [2.24, 2.45) is 0 Å². The Morgan fingerprint density at radius 2 is 1.84 bits per heavy atom. The fourth-order valence-electron chi connectivity index (χ4n) is 4.84. The van der Waals surface area contributed by atoms with Gasteiger partial charge in [-0.3, -0.25) is 0 Å². The van der Waals surface area contributed by atoms with E-state index in [1.807, 2.05) is 42.6 Å². The van der Waals surface area contributed by atoms with E-state index in [9.17, 15) is 0 Å². The summed E-state index contributed by atoms with van der Waals surface area (Å²) in [6, 6.07) is 16.2. The smallest absolute Gasteiger partial charge is 0.169 e. The second-order valence-corrected chi connectivity index (χ2v) is 9.68. The first-order valence-electron chi connectivity index (χ1n) is 13.0. The molecule has 198 valence electrons. The fourth-order valence-corrected chi connectivity index (χ4v) is 5.09. The predicted molar refractivity (Wildman–Crippen MR) is 150 cm³/mol. The number of benzene rings is 2. The summed E-state index contributed by atoms with van der Waals surface area (Å²) in [6.07, 6.45) is 8.25. The Morgan fingerprint density at radius 1 is 1.03 bits per heavy atom. The first kappa shape index (κ1) is 26.9. The summed E-state index contributed by atoms with van der Waals surface area (Å²) in [5.74, 6) is 3.13. The van der Waals surface area contributed by atoms with E-state index >= 15 is 0 Å². The number of rotatable bonds is 12. The fraction of sp³-hybridized carbons (Fsp3) is 0.448. The Kier molecular flexibility index (Phi) is 10.2. The second kappa shape index (κ2) is 14.0. The molecule has 3 aromatic rings. The molecule has 0 aliphatic carbocycles. The number of nitrogens with one attached hydrogen (secondary N) is 1. The van der Waals surface area contributed by atoms with Gasteiger partial charge in [0.25, 0.3) is 0 Å². The first-order chi connectivity index (χ1) is 18.2. The zero-order chi connectivity index (χ0) is 25.9. The molecule has 1 aliphatic rings. The van der Waals surface area contributed by atoms with Crippen LogP contribution >= 0.6 is 12.2 Å². The van der Waals surface area contributed by atoms with Crippen molar-refractivity contribution in [1.29, 1.82) is 0 Å². The minimum Gasteiger partial charge on any atom is -0.493 e. The highest BCUT2D eigenvalue weighted by Gasteiger charge is 2.25. The molecule has 4 rings (SSSR count). The number of aryl methyl sites for hydroxylation is 1. The highest BCUT2D eigenvalue weighted by atomic mass is 32.1. The third-order valence-electron chi connectivity index (χ3n) is 6.86. The molecule has 8 heteroatoms. The Labute approximate surface area is 225 Å². The van der Waals surface area contributed by atoms with Crippen LogP contribution in [0.25, 0.3) is 0 Å². The molecule has 1 N–H and O–H groups in total. The minimum absolute atomic E-state index is 0.460. The van der Waals surface area contributed by atoms with Gasteiger partial charge < -0.3 is 29.0 Å². The number of likely N-dealkylation sites (tertiary alicyclic amines) is 1. The first-order valence-corrected chi connectivity index (χ1v) is 13.5. The maximum absolute atomic E-state index is 5.83. The lowest BCUT2D eigenvalue weighted by Gasteiger charge is -2.34. The van der Waals surface area contributed by atoms with Gasteiger partial charge in [-0.1, -0.05) is 42.5 Å². The SMILES string of the molecule is COc1cccc(CNC(=S)N2CCC(c3nccn3CCCCOCc3ccccc3)CC2)c1OC. The summed E-state index contributed by atoms with van der Waals surface area (Å²) in [5, 5.41) is 4.18. The number of thiocarbonyl (C=S) groups is 1. The molecule has 0 saturated carbocycles. The number of ether oxygens (including phenoxy) is 3. The quantitative estimate of drug-likeness (QED) is 0.261. The summed E-state index contributed by atoms with van der Waals surface area (Å²) in [7, 11) is 3.31. The van der Waals surface area contributed by atoms with E-state index in [0.29, 0.717) is 19.1 Å². The zero-order valence-corrected chi connectivity index (χ0v) is 22.7. The summed E-state index contributed by atoms with van der Waals surface area (Å²) in [5.41, 5.74) is 2.24. The molecule has 2 aromatic carbocycles. The maximum Gasteiger partial charge on any atom is 0.169 e. The molecule has 1 aromatic heterocycles. The van der Waals surface area contributed by atoms with Crippen molar-refractivity contribution >= 4 is 17.3 Å². The normalized spacial score (nSPS) is 13.9. The molecule has 0 unspecified atom stereocenters. The highest BCUT2D eigenvalue weighted by molar-refractivity contribution is 7.80. The van der Waals surface area contributed by atoms with Gasteiger partial charge in [0, 0.05) is 56.7 Å². The van der Waals surface area contributed by atoms with Gasteiger partial charge in [-0.25, -0.2) is 4.98 Å². The molecule has 37 heavy (non-hydrogen) atoms. The zero-order valence-electron chi connectivity index (χ0n) is 21.9. The van der Waals surface area contributed by atoms with E-state index in [1.54, 1.807) is 14.2 Å². The average molecular weight is 523 g/mol. The summed E-state index contributed by atoms with van der Waals surface area (Å²) in [4.78, 5) is 6.97. The monoisotopic (exact) mass is 522 g/mol. The van der Waals surface area contributed by atoms with Crippen LogP contribution in [-0.2, 0) is 24.4 Å². The summed E-state index contributed by atoms with van der Waals surface area (Å²) in [6.45, 7) is 4.88. The highest BCUT2D eigenvalue weighted by Crippen LogP contribution is 2.31. The van der Waals surface area contributed by atoms with Crippen LogP contribution < -0.4 is 14.8 Å². The molecule has 1 fully saturated rings. The largest absolute Gasteiger partial charge is 0.493 e. The van der Waals surface area contributed by atoms with Crippen LogP contribution in [0.3, 0.4) is 0 Å². The van der Waals surface area contributed by atoms with Crippen LogP contribution in [0, 0.1) is 0 Å². The lowest BCUT2D eigenvalue weighted by molar-refractivity contribution is 0.116. The van der Waals surface area contributed by atoms with Crippen LogP contribution in [0.2, 0.25) is 0 Å². The maximum atomic E-state index is 5.83. The number of unbranched alkanes of at least 4 members (excludes halogenated alkanes) is 1. The van der Waals surface area contributed by atoms with Gasteiger partial charge in [-0.15, -0.1) is 0 Å². The van der Waals surface area contributed by atoms with Crippen LogP contribution in [0.4, 0.5) is 0 Å². The third kappa shape index (κ3) is 7.46. The van der Waals surface area contributed by atoms with Gasteiger partial charge in [0.1, 0.15) is 5.82 Å². The second-order valence-electron chi connectivity index (χ2n) is 9.30. The number of aromatic nitrogens is 2. The van der Waals surface area contributed by atoms with Gasteiger partial charge in [0.15, 0.2) is 16.6 Å². The number of hydrogen-bond donors (Lipinski definition) is 1. The standard InChI is InChI=1S/C29H38N4O3S/c1-34-26-12-8-11-25(27(26)35-2)21-31-29(37)33-17-13-24(14-18-33)28-30-15-19-32(28)16-6-7-20-36-22-23-9-4-3-5-10-23/h3-5,8-12,15,19,24H,6-7,13-14,16-18,20-22H2,1-2H3,(H,31,37). The van der Waals surface area contributed by atoms with E-state index in [-0.39, 0.29) is 0 Å². The number of imidazole rings is 1. The Morgan fingerprint density at radius 3 is 2.59 bits per heavy atom. The van der Waals surface area contributed by atoms with Crippen LogP contribution in [0.5, 0.6) is 11.5 Å². The molecule has 2 heterocycles. The number of nitrogens with zero attached hydrogens (tertiary/aromatic N) is 3. The van der Waals surface area contributed by atoms with E-state index < -0.39 is 0 Å². The molecular weight excluding hydrogens is 484 g/mol. The lowest BCUT2D eigenvalue weighted by atomic mass is 9.96. The third-order valence-corrected chi connectivity index (χ3v) is 7.26. The molecular formula is C29H38N4O3S. The van der Waals surface area contributed by atoms with E-state index in [4.69, 9.17) is 31.4 Å². The predicted octanol–water partition coefficient (Wildman–Crippen LogP) is 5.15. The number of para-hydroxylation sites is 1. The van der Waals surface area contributed by atoms with Crippen molar-refractivity contribution in [3.05, 3.63) is 77.9 Å². The number of methoxy groups -OCH3 is 2. The Bertz CT molecular complexity index is 1110. The van der Waals surface area contributed by atoms with Gasteiger partial charge in [0.05, 0.1) is 20.8 Å². The average Bonchev–Trinajstić information content (AvgIpc) is 3.42. The van der Waals surface area contributed by atoms with Crippen molar-refractivity contribution in [2.45, 2.75) is 51.3 Å². The van der Waals surface area contributed by atoms with Crippen LogP contribution in [0.1, 0.15) is 48.6 Å². The lowest BCUT2D eigenvalue weighted by Crippen LogP contribution is -2.43. The Balaban J connectivity index is 1.18. The van der Waals surface area contributed by atoms with Gasteiger partial charge in [0.2, 0.25) is 0 Å². The summed E-state index contributed by atoms with van der Waals surface area (Å²) < 4.78 is 19.1. The molecule has 0 spiro atoms. The van der Waals surface area contributed by atoms with E-state index in [0.717, 1.165) is 74.1 Å². The summed E-state index contributed by atoms with van der Waals surface area (Å²) >= 11 is 5.71. The number of hydrogen-bond acceptors (Lipinski definition) is 5. The van der Waals surface area contributed by atoms with E-state index in [2.05, 4.69) is 33.1 Å². The van der Waals surface area contributed by atoms with Crippen molar-refractivity contribution < 1.29 is 14.2 Å². The molecule has 1 aliphatic heterocycles. The molecule has 0 atom stereocenters. The number of piperidine rings is 1. The minimum atomic E-state index is 0.460. The van der Waals surface area contributed by atoms with Gasteiger partial charge >= 0.3 is 0 Å². The van der Waals surface area contributed by atoms with Crippen molar-refractivity contribution in [3.8, 4) is 11.5 Å². The topological polar surface area (TPSA) is 60.8 Å². The molecule has 1 saturated heterocycles. The molecule has 0 amide bonds. The van der Waals surface area contributed by atoms with Crippen molar-refractivity contribution in [2.75, 3.05) is 33.9 Å². The van der Waals surface area contributed by atoms with Crippen LogP contribution in [-0.4, -0.2) is 53.5 Å². The van der Waals surface area contributed by atoms with Gasteiger partial charge in [-0.05, 0) is 49.5 Å². The van der Waals surface area contributed by atoms with Crippen LogP contribution in [0.15, 0.2) is 60.9 Å². The van der Waals surface area contributed by atoms with E-state index in [1.165, 1.54) is 11.4 Å².